The Hall–Kier alpha value is -0.650. The van der Waals surface area contributed by atoms with Gasteiger partial charge in [-0.05, 0) is 6.92 Å². The van der Waals surface area contributed by atoms with Crippen LogP contribution in [0.5, 0.6) is 0 Å². The van der Waals surface area contributed by atoms with E-state index in [-0.39, 0.29) is 6.10 Å². The van der Waals surface area contributed by atoms with Gasteiger partial charge in [-0.3, -0.25) is 0 Å². The fourth-order valence-corrected chi connectivity index (χ4v) is 1.60. The smallest absolute Gasteiger partial charge is 0.338 e. The van der Waals surface area contributed by atoms with Crippen molar-refractivity contribution in [3.8, 4) is 0 Å². The molecule has 2 heterocycles. The minimum Gasteiger partial charge on any atom is -0.455 e. The van der Waals surface area contributed by atoms with Crippen LogP contribution in [0.25, 0.3) is 0 Å². The first-order valence-electron chi connectivity index (χ1n) is 3.83. The maximum Gasteiger partial charge on any atom is 0.338 e. The third kappa shape index (κ3) is 0.872. The molecule has 2 rings (SSSR count). The van der Waals surface area contributed by atoms with Gasteiger partial charge in [-0.25, -0.2) is 4.79 Å². The van der Waals surface area contributed by atoms with E-state index in [2.05, 4.69) is 0 Å². The molecule has 2 aliphatic heterocycles. The summed E-state index contributed by atoms with van der Waals surface area (Å²) in [5, 5.41) is 18.6. The van der Waals surface area contributed by atoms with Crippen molar-refractivity contribution in [2.45, 2.75) is 37.4 Å². The average molecular weight is 174 g/mol. The summed E-state index contributed by atoms with van der Waals surface area (Å²) in [7, 11) is 0. The molecule has 0 spiro atoms. The summed E-state index contributed by atoms with van der Waals surface area (Å²) in [6.07, 6.45) is -3.83. The minimum atomic E-state index is -1.24. The van der Waals surface area contributed by atoms with Crippen molar-refractivity contribution < 1.29 is 24.5 Å². The fourth-order valence-electron chi connectivity index (χ4n) is 1.60. The SMILES string of the molecule is C[C@@H]1O[C@@H]2C(O)C(=O)OC2C1O. The zero-order valence-electron chi connectivity index (χ0n) is 6.51. The molecule has 0 bridgehead atoms. The van der Waals surface area contributed by atoms with Gasteiger partial charge in [-0.1, -0.05) is 0 Å². The van der Waals surface area contributed by atoms with Gasteiger partial charge in [0.1, 0.15) is 12.2 Å². The highest BCUT2D eigenvalue weighted by atomic mass is 16.6. The van der Waals surface area contributed by atoms with Crippen molar-refractivity contribution in [2.24, 2.45) is 0 Å². The molecule has 0 aromatic heterocycles. The Kier molecular flexibility index (Phi) is 1.61. The minimum absolute atomic E-state index is 0.386. The number of hydrogen-bond acceptors (Lipinski definition) is 5. The molecule has 2 N–H and O–H groups in total. The summed E-state index contributed by atoms with van der Waals surface area (Å²) in [5.74, 6) is -0.712. The number of carbonyl (C=O) groups excluding carboxylic acids is 1. The third-order valence-electron chi connectivity index (χ3n) is 2.32. The monoisotopic (exact) mass is 174 g/mol. The lowest BCUT2D eigenvalue weighted by atomic mass is 10.1. The van der Waals surface area contributed by atoms with Crippen LogP contribution < -0.4 is 0 Å². The molecule has 0 saturated carbocycles. The molecule has 68 valence electrons. The number of rotatable bonds is 0. The first-order chi connectivity index (χ1) is 5.61. The lowest BCUT2D eigenvalue weighted by Crippen LogP contribution is -2.31. The summed E-state index contributed by atoms with van der Waals surface area (Å²) < 4.78 is 9.85. The highest BCUT2D eigenvalue weighted by molar-refractivity contribution is 5.78. The second-order valence-electron chi connectivity index (χ2n) is 3.14. The van der Waals surface area contributed by atoms with Crippen LogP contribution >= 0.6 is 0 Å². The number of carbonyl (C=O) groups is 1. The normalized spacial score (nSPS) is 52.2. The first-order valence-corrected chi connectivity index (χ1v) is 3.83. The van der Waals surface area contributed by atoms with Gasteiger partial charge in [0.2, 0.25) is 0 Å². The maximum atomic E-state index is 10.8. The van der Waals surface area contributed by atoms with E-state index in [1.54, 1.807) is 6.92 Å². The Balaban J connectivity index is 2.19. The molecule has 2 aliphatic rings. The van der Waals surface area contributed by atoms with E-state index in [4.69, 9.17) is 9.47 Å². The molecule has 0 aromatic rings. The zero-order chi connectivity index (χ0) is 8.88. The van der Waals surface area contributed by atoms with Crippen LogP contribution in [0, 0.1) is 0 Å². The van der Waals surface area contributed by atoms with Gasteiger partial charge < -0.3 is 19.7 Å². The van der Waals surface area contributed by atoms with E-state index in [1.165, 1.54) is 0 Å². The zero-order valence-corrected chi connectivity index (χ0v) is 6.51. The highest BCUT2D eigenvalue weighted by Crippen LogP contribution is 2.31. The van der Waals surface area contributed by atoms with Crippen LogP contribution in [0.4, 0.5) is 0 Å². The molecule has 12 heavy (non-hydrogen) atoms. The Morgan fingerprint density at radius 1 is 1.33 bits per heavy atom. The molecule has 3 unspecified atom stereocenters. The van der Waals surface area contributed by atoms with Crippen molar-refractivity contribution in [1.82, 2.24) is 0 Å². The lowest BCUT2D eigenvalue weighted by Gasteiger charge is -2.11. The van der Waals surface area contributed by atoms with E-state index in [9.17, 15) is 15.0 Å². The fraction of sp³-hybridized carbons (Fsp3) is 0.857. The highest BCUT2D eigenvalue weighted by Gasteiger charge is 2.55. The predicted molar refractivity (Wildman–Crippen MR) is 36.2 cm³/mol. The molecule has 2 fully saturated rings. The van der Waals surface area contributed by atoms with Crippen molar-refractivity contribution in [3.05, 3.63) is 0 Å². The van der Waals surface area contributed by atoms with Gasteiger partial charge in [-0.2, -0.15) is 0 Å². The number of fused-ring (bicyclic) bond motifs is 1. The molecule has 0 aliphatic carbocycles. The maximum absolute atomic E-state index is 10.8. The van der Waals surface area contributed by atoms with Gasteiger partial charge in [0.25, 0.3) is 0 Å². The van der Waals surface area contributed by atoms with Crippen molar-refractivity contribution in [2.75, 3.05) is 0 Å². The van der Waals surface area contributed by atoms with E-state index in [1.807, 2.05) is 0 Å². The molecular weight excluding hydrogens is 164 g/mol. The molecular formula is C7H10O5. The Bertz CT molecular complexity index is 216. The Labute approximate surface area is 68.9 Å². The summed E-state index contributed by atoms with van der Waals surface area (Å²) in [6, 6.07) is 0. The summed E-state index contributed by atoms with van der Waals surface area (Å²) in [6.45, 7) is 1.67. The number of hydrogen-bond donors (Lipinski definition) is 2. The number of aliphatic hydroxyl groups excluding tert-OH is 2. The molecule has 5 atom stereocenters. The van der Waals surface area contributed by atoms with Crippen LogP contribution in [0.2, 0.25) is 0 Å². The summed E-state index contributed by atoms with van der Waals surface area (Å²) in [5.41, 5.74) is 0. The van der Waals surface area contributed by atoms with E-state index < -0.39 is 30.4 Å². The predicted octanol–water partition coefficient (Wildman–Crippen LogP) is -1.58. The van der Waals surface area contributed by atoms with Crippen LogP contribution in [0.15, 0.2) is 0 Å². The third-order valence-corrected chi connectivity index (χ3v) is 2.32. The van der Waals surface area contributed by atoms with Crippen LogP contribution in [0.3, 0.4) is 0 Å². The molecule has 5 heteroatoms. The quantitative estimate of drug-likeness (QED) is 0.433. The number of ether oxygens (including phenoxy) is 2. The van der Waals surface area contributed by atoms with Gasteiger partial charge in [0.05, 0.1) is 6.10 Å². The van der Waals surface area contributed by atoms with E-state index in [0.717, 1.165) is 0 Å². The second kappa shape index (κ2) is 2.42. The van der Waals surface area contributed by atoms with Crippen LogP contribution in [-0.2, 0) is 14.3 Å². The van der Waals surface area contributed by atoms with E-state index in [0.29, 0.717) is 0 Å². The standard InChI is InChI=1S/C7H10O5/c1-2-3(8)5-6(11-2)4(9)7(10)12-5/h2-6,8-9H,1H3/t2-,3?,4?,5?,6+/m0/s1. The molecule has 0 amide bonds. The second-order valence-corrected chi connectivity index (χ2v) is 3.14. The van der Waals surface area contributed by atoms with Gasteiger partial charge in [0.15, 0.2) is 12.2 Å². The first kappa shape index (κ1) is 7.97. The van der Waals surface area contributed by atoms with Crippen molar-refractivity contribution >= 4 is 5.97 Å². The van der Waals surface area contributed by atoms with Gasteiger partial charge in [0, 0.05) is 0 Å². The summed E-state index contributed by atoms with van der Waals surface area (Å²) >= 11 is 0. The van der Waals surface area contributed by atoms with Gasteiger partial charge >= 0.3 is 5.97 Å². The molecule has 5 nitrogen and oxygen atoms in total. The van der Waals surface area contributed by atoms with Crippen molar-refractivity contribution in [3.63, 3.8) is 0 Å². The Morgan fingerprint density at radius 2 is 2.00 bits per heavy atom. The van der Waals surface area contributed by atoms with Gasteiger partial charge in [-0.15, -0.1) is 0 Å². The van der Waals surface area contributed by atoms with Crippen molar-refractivity contribution in [1.29, 1.82) is 0 Å². The topological polar surface area (TPSA) is 76.0 Å². The Morgan fingerprint density at radius 3 is 2.58 bits per heavy atom. The largest absolute Gasteiger partial charge is 0.455 e. The van der Waals surface area contributed by atoms with E-state index >= 15 is 0 Å². The number of esters is 1. The number of aliphatic hydroxyl groups is 2. The molecule has 2 saturated heterocycles. The van der Waals surface area contributed by atoms with Crippen LogP contribution in [-0.4, -0.2) is 46.7 Å². The summed E-state index contributed by atoms with van der Waals surface area (Å²) in [4.78, 5) is 10.8. The lowest BCUT2D eigenvalue weighted by molar-refractivity contribution is -0.152. The van der Waals surface area contributed by atoms with Crippen LogP contribution in [0.1, 0.15) is 6.92 Å². The molecule has 0 radical (unpaired) electrons. The average Bonchev–Trinajstić information content (AvgIpc) is 2.43. The molecule has 0 aromatic carbocycles.